The molecule has 0 saturated carbocycles. The minimum Gasteiger partial charge on any atom is -0.207 e. The van der Waals surface area contributed by atoms with Crippen LogP contribution >= 0.6 is 0 Å². The van der Waals surface area contributed by atoms with Crippen LogP contribution in [0.15, 0.2) is 66.7 Å². The fourth-order valence-electron chi connectivity index (χ4n) is 2.80. The van der Waals surface area contributed by atoms with E-state index in [-0.39, 0.29) is 5.82 Å². The highest BCUT2D eigenvalue weighted by molar-refractivity contribution is 6.20. The zero-order chi connectivity index (χ0) is 12.8. The summed E-state index contributed by atoms with van der Waals surface area (Å²) in [5.41, 5.74) is 0. The average molecular weight is 246 g/mol. The molecule has 0 amide bonds. The van der Waals surface area contributed by atoms with Crippen molar-refractivity contribution >= 4 is 32.3 Å². The Morgan fingerprint density at radius 1 is 0.579 bits per heavy atom. The number of hydrogen-bond acceptors (Lipinski definition) is 0. The topological polar surface area (TPSA) is 0 Å². The zero-order valence-electron chi connectivity index (χ0n) is 10.2. The second-order valence-electron chi connectivity index (χ2n) is 4.82. The van der Waals surface area contributed by atoms with Gasteiger partial charge in [-0.3, -0.25) is 0 Å². The third-order valence-corrected chi connectivity index (χ3v) is 3.69. The Morgan fingerprint density at radius 2 is 1.21 bits per heavy atom. The van der Waals surface area contributed by atoms with Gasteiger partial charge in [-0.25, -0.2) is 4.39 Å². The lowest BCUT2D eigenvalue weighted by molar-refractivity contribution is 0.630. The van der Waals surface area contributed by atoms with Gasteiger partial charge < -0.3 is 0 Å². The van der Waals surface area contributed by atoms with Crippen molar-refractivity contribution in [1.82, 2.24) is 0 Å². The van der Waals surface area contributed by atoms with Crippen LogP contribution in [-0.4, -0.2) is 0 Å². The molecule has 0 nitrogen and oxygen atoms in total. The summed E-state index contributed by atoms with van der Waals surface area (Å²) in [5.74, 6) is -0.187. The molecule has 4 rings (SSSR count). The second-order valence-corrected chi connectivity index (χ2v) is 4.82. The maximum Gasteiger partial charge on any atom is 0.123 e. The van der Waals surface area contributed by atoms with E-state index in [1.165, 1.54) is 16.8 Å². The molecular formula is C18H11F. The smallest absolute Gasteiger partial charge is 0.123 e. The van der Waals surface area contributed by atoms with Gasteiger partial charge in [0.1, 0.15) is 5.82 Å². The highest BCUT2D eigenvalue weighted by atomic mass is 19.1. The van der Waals surface area contributed by atoms with Gasteiger partial charge in [-0.15, -0.1) is 0 Å². The summed E-state index contributed by atoms with van der Waals surface area (Å²) < 4.78 is 13.6. The summed E-state index contributed by atoms with van der Waals surface area (Å²) in [6, 6.07) is 21.6. The summed E-state index contributed by atoms with van der Waals surface area (Å²) in [5, 5.41) is 6.70. The molecule has 0 aliphatic rings. The van der Waals surface area contributed by atoms with Gasteiger partial charge in [-0.2, -0.15) is 0 Å². The highest BCUT2D eigenvalue weighted by Gasteiger charge is 2.05. The Balaban J connectivity index is 2.36. The number of halogens is 1. The summed E-state index contributed by atoms with van der Waals surface area (Å²) in [6.07, 6.45) is 0. The van der Waals surface area contributed by atoms with E-state index in [0.29, 0.717) is 0 Å². The van der Waals surface area contributed by atoms with E-state index in [1.807, 2.05) is 24.3 Å². The minimum atomic E-state index is -0.187. The van der Waals surface area contributed by atoms with E-state index in [9.17, 15) is 4.39 Å². The van der Waals surface area contributed by atoms with Gasteiger partial charge in [0.2, 0.25) is 0 Å². The fourth-order valence-corrected chi connectivity index (χ4v) is 2.80. The van der Waals surface area contributed by atoms with Crippen molar-refractivity contribution in [3.8, 4) is 0 Å². The minimum absolute atomic E-state index is 0.187. The molecule has 0 aliphatic carbocycles. The molecule has 0 atom stereocenters. The van der Waals surface area contributed by atoms with Crippen molar-refractivity contribution in [3.05, 3.63) is 72.5 Å². The molecule has 0 N–H and O–H groups in total. The van der Waals surface area contributed by atoms with Crippen LogP contribution < -0.4 is 0 Å². The predicted octanol–water partition coefficient (Wildman–Crippen LogP) is 5.29. The number of hydrogen-bond donors (Lipinski definition) is 0. The van der Waals surface area contributed by atoms with Crippen LogP contribution in [0.3, 0.4) is 0 Å². The van der Waals surface area contributed by atoms with Crippen molar-refractivity contribution in [3.63, 3.8) is 0 Å². The maximum atomic E-state index is 13.6. The number of benzene rings is 4. The lowest BCUT2D eigenvalue weighted by Crippen LogP contribution is -1.82. The zero-order valence-corrected chi connectivity index (χ0v) is 10.2. The van der Waals surface area contributed by atoms with Crippen LogP contribution in [0.2, 0.25) is 0 Å². The van der Waals surface area contributed by atoms with Crippen molar-refractivity contribution in [2.45, 2.75) is 0 Å². The van der Waals surface area contributed by atoms with Gasteiger partial charge in [0, 0.05) is 0 Å². The summed E-state index contributed by atoms with van der Waals surface area (Å²) in [4.78, 5) is 0. The Morgan fingerprint density at radius 3 is 2.05 bits per heavy atom. The first-order chi connectivity index (χ1) is 9.33. The van der Waals surface area contributed by atoms with Crippen LogP contribution in [0.4, 0.5) is 4.39 Å². The summed E-state index contributed by atoms with van der Waals surface area (Å²) >= 11 is 0. The fraction of sp³-hybridized carbons (Fsp3) is 0. The largest absolute Gasteiger partial charge is 0.207 e. The molecule has 4 aromatic rings. The molecule has 0 heterocycles. The monoisotopic (exact) mass is 246 g/mol. The number of rotatable bonds is 0. The average Bonchev–Trinajstić information content (AvgIpc) is 2.46. The molecule has 0 radical (unpaired) electrons. The van der Waals surface area contributed by atoms with E-state index < -0.39 is 0 Å². The Kier molecular flexibility index (Phi) is 2.10. The third kappa shape index (κ3) is 1.52. The van der Waals surface area contributed by atoms with Gasteiger partial charge >= 0.3 is 0 Å². The third-order valence-electron chi connectivity index (χ3n) is 3.69. The lowest BCUT2D eigenvalue weighted by atomic mass is 9.96. The quantitative estimate of drug-likeness (QED) is 0.370. The normalized spacial score (nSPS) is 11.4. The maximum absolute atomic E-state index is 13.6. The van der Waals surface area contributed by atoms with Crippen molar-refractivity contribution in [2.24, 2.45) is 0 Å². The van der Waals surface area contributed by atoms with Crippen LogP contribution in [0.1, 0.15) is 0 Å². The van der Waals surface area contributed by atoms with Gasteiger partial charge in [-0.1, -0.05) is 54.6 Å². The molecule has 0 aromatic heterocycles. The first kappa shape index (κ1) is 10.5. The first-order valence-corrected chi connectivity index (χ1v) is 6.33. The van der Waals surface area contributed by atoms with E-state index in [1.54, 1.807) is 6.07 Å². The van der Waals surface area contributed by atoms with Crippen molar-refractivity contribution in [1.29, 1.82) is 0 Å². The highest BCUT2D eigenvalue weighted by Crippen LogP contribution is 2.32. The SMILES string of the molecule is Fc1ccc2ccc3ccc4ccccc4c3c2c1. The summed E-state index contributed by atoms with van der Waals surface area (Å²) in [6.45, 7) is 0. The van der Waals surface area contributed by atoms with Crippen molar-refractivity contribution in [2.75, 3.05) is 0 Å². The van der Waals surface area contributed by atoms with Crippen molar-refractivity contribution < 1.29 is 4.39 Å². The Labute approximate surface area is 110 Å². The van der Waals surface area contributed by atoms with Gasteiger partial charge in [0.25, 0.3) is 0 Å². The molecule has 0 aliphatic heterocycles. The van der Waals surface area contributed by atoms with Crippen LogP contribution in [-0.2, 0) is 0 Å². The van der Waals surface area contributed by atoms with Gasteiger partial charge in [0.15, 0.2) is 0 Å². The lowest BCUT2D eigenvalue weighted by Gasteiger charge is -2.08. The van der Waals surface area contributed by atoms with Gasteiger partial charge in [-0.05, 0) is 44.5 Å². The predicted molar refractivity (Wildman–Crippen MR) is 78.9 cm³/mol. The van der Waals surface area contributed by atoms with Crippen LogP contribution in [0.5, 0.6) is 0 Å². The molecule has 90 valence electrons. The molecular weight excluding hydrogens is 235 g/mol. The molecule has 0 unspecified atom stereocenters. The van der Waals surface area contributed by atoms with Crippen LogP contribution in [0.25, 0.3) is 32.3 Å². The molecule has 0 fully saturated rings. The molecule has 0 spiro atoms. The first-order valence-electron chi connectivity index (χ1n) is 6.33. The van der Waals surface area contributed by atoms with Crippen LogP contribution in [0, 0.1) is 5.82 Å². The second kappa shape index (κ2) is 3.79. The molecule has 0 saturated heterocycles. The number of fused-ring (bicyclic) bond motifs is 5. The summed E-state index contributed by atoms with van der Waals surface area (Å²) in [7, 11) is 0. The van der Waals surface area contributed by atoms with Gasteiger partial charge in [0.05, 0.1) is 0 Å². The van der Waals surface area contributed by atoms with E-state index in [2.05, 4.69) is 30.3 Å². The van der Waals surface area contributed by atoms with E-state index in [0.717, 1.165) is 21.5 Å². The molecule has 19 heavy (non-hydrogen) atoms. The molecule has 0 bridgehead atoms. The molecule has 4 aromatic carbocycles. The van der Waals surface area contributed by atoms with E-state index >= 15 is 0 Å². The Bertz CT molecular complexity index is 917. The molecule has 1 heteroatoms. The Hall–Kier alpha value is -2.41. The van der Waals surface area contributed by atoms with E-state index in [4.69, 9.17) is 0 Å². The standard InChI is InChI=1S/C18H11F/c19-15-10-9-13-6-8-14-7-5-12-3-1-2-4-16(12)18(14)17(13)11-15/h1-11H.